The molecule has 1 aromatic rings. The number of carbonyl (C=O) groups is 2. The minimum Gasteiger partial charge on any atom is -0.478 e. The largest absolute Gasteiger partial charge is 0.478 e. The van der Waals surface area contributed by atoms with Crippen LogP contribution in [-0.4, -0.2) is 42.5 Å². The minimum absolute atomic E-state index is 0.191. The Morgan fingerprint density at radius 1 is 1.28 bits per heavy atom. The highest BCUT2D eigenvalue weighted by Crippen LogP contribution is 2.09. The van der Waals surface area contributed by atoms with Crippen molar-refractivity contribution in [2.45, 2.75) is 0 Å². The monoisotopic (exact) mass is 248 g/mol. The molecule has 0 fully saturated rings. The number of carboxylic acids is 1. The number of nitrogens with zero attached hydrogens (tertiary/aromatic N) is 1. The predicted molar refractivity (Wildman–Crippen MR) is 69.7 cm³/mol. The molecule has 5 nitrogen and oxygen atoms in total. The van der Waals surface area contributed by atoms with Crippen molar-refractivity contribution in [2.75, 3.05) is 26.0 Å². The third-order valence-electron chi connectivity index (χ3n) is 2.14. The lowest BCUT2D eigenvalue weighted by molar-refractivity contribution is -0.111. The maximum Gasteiger partial charge on any atom is 0.335 e. The first kappa shape index (κ1) is 13.9. The molecule has 1 amide bonds. The first-order chi connectivity index (χ1) is 8.49. The summed E-state index contributed by atoms with van der Waals surface area (Å²) in [6, 6.07) is 6.01. The molecule has 0 radical (unpaired) electrons. The first-order valence-electron chi connectivity index (χ1n) is 5.44. The zero-order valence-electron chi connectivity index (χ0n) is 10.4. The highest BCUT2D eigenvalue weighted by Gasteiger charge is 2.02. The summed E-state index contributed by atoms with van der Waals surface area (Å²) < 4.78 is 0. The van der Waals surface area contributed by atoms with Crippen molar-refractivity contribution in [3.05, 3.63) is 42.0 Å². The number of carboxylic acid groups (broad SMARTS) is 1. The number of rotatable bonds is 5. The number of carbonyl (C=O) groups excluding carboxylic acids is 1. The highest BCUT2D eigenvalue weighted by atomic mass is 16.4. The van der Waals surface area contributed by atoms with E-state index in [1.807, 2.05) is 19.0 Å². The summed E-state index contributed by atoms with van der Waals surface area (Å²) in [5.41, 5.74) is 0.760. The molecule has 0 aliphatic heterocycles. The van der Waals surface area contributed by atoms with Gasteiger partial charge in [0.05, 0.1) is 5.56 Å². The SMILES string of the molecule is CN(C)C/C=C/C(=O)Nc1ccc(C(=O)O)cc1. The predicted octanol–water partition coefficient (Wildman–Crippen LogP) is 1.44. The molecule has 0 aromatic heterocycles. The summed E-state index contributed by atoms with van der Waals surface area (Å²) in [4.78, 5) is 24.1. The fourth-order valence-electron chi connectivity index (χ4n) is 1.25. The van der Waals surface area contributed by atoms with Crippen LogP contribution in [-0.2, 0) is 4.79 Å². The Morgan fingerprint density at radius 3 is 2.39 bits per heavy atom. The van der Waals surface area contributed by atoms with Gasteiger partial charge in [-0.1, -0.05) is 6.08 Å². The fraction of sp³-hybridized carbons (Fsp3) is 0.231. The number of hydrogen-bond acceptors (Lipinski definition) is 3. The Morgan fingerprint density at radius 2 is 1.89 bits per heavy atom. The second-order valence-electron chi connectivity index (χ2n) is 4.04. The molecule has 0 aliphatic rings. The van der Waals surface area contributed by atoms with Crippen molar-refractivity contribution >= 4 is 17.6 Å². The van der Waals surface area contributed by atoms with Crippen LogP contribution in [0.25, 0.3) is 0 Å². The van der Waals surface area contributed by atoms with Crippen LogP contribution in [0.1, 0.15) is 10.4 Å². The van der Waals surface area contributed by atoms with Gasteiger partial charge in [0.15, 0.2) is 0 Å². The van der Waals surface area contributed by atoms with Crippen molar-refractivity contribution in [3.8, 4) is 0 Å². The van der Waals surface area contributed by atoms with Crippen molar-refractivity contribution in [1.82, 2.24) is 4.90 Å². The standard InChI is InChI=1S/C13H16N2O3/c1-15(2)9-3-4-12(16)14-11-7-5-10(6-8-11)13(17)18/h3-8H,9H2,1-2H3,(H,14,16)(H,17,18)/b4-3+. The molecule has 0 spiro atoms. The number of aromatic carboxylic acids is 1. The average Bonchev–Trinajstić information content (AvgIpc) is 2.29. The zero-order chi connectivity index (χ0) is 13.5. The van der Waals surface area contributed by atoms with Gasteiger partial charge in [0.25, 0.3) is 0 Å². The average molecular weight is 248 g/mol. The van der Waals surface area contributed by atoms with Crippen LogP contribution >= 0.6 is 0 Å². The lowest BCUT2D eigenvalue weighted by atomic mass is 10.2. The van der Waals surface area contributed by atoms with Gasteiger partial charge in [-0.15, -0.1) is 0 Å². The van der Waals surface area contributed by atoms with Crippen molar-refractivity contribution in [3.63, 3.8) is 0 Å². The zero-order valence-corrected chi connectivity index (χ0v) is 10.4. The molecule has 96 valence electrons. The Balaban J connectivity index is 2.54. The van der Waals surface area contributed by atoms with Gasteiger partial charge in [0, 0.05) is 18.3 Å². The molecule has 18 heavy (non-hydrogen) atoms. The van der Waals surface area contributed by atoms with Gasteiger partial charge in [-0.2, -0.15) is 0 Å². The molecule has 1 rings (SSSR count). The smallest absolute Gasteiger partial charge is 0.335 e. The highest BCUT2D eigenvalue weighted by molar-refractivity contribution is 5.99. The summed E-state index contributed by atoms with van der Waals surface area (Å²) >= 11 is 0. The molecule has 0 atom stereocenters. The Labute approximate surface area is 106 Å². The van der Waals surface area contributed by atoms with E-state index in [1.54, 1.807) is 18.2 Å². The second kappa shape index (κ2) is 6.56. The van der Waals surface area contributed by atoms with E-state index in [2.05, 4.69) is 5.32 Å². The molecule has 0 heterocycles. The third-order valence-corrected chi connectivity index (χ3v) is 2.14. The Kier molecular flexibility index (Phi) is 5.07. The first-order valence-corrected chi connectivity index (χ1v) is 5.44. The van der Waals surface area contributed by atoms with Crippen LogP contribution in [0.4, 0.5) is 5.69 Å². The van der Waals surface area contributed by atoms with Gasteiger partial charge >= 0.3 is 5.97 Å². The molecule has 5 heteroatoms. The van der Waals surface area contributed by atoms with Crippen LogP contribution in [0, 0.1) is 0 Å². The van der Waals surface area contributed by atoms with E-state index in [0.29, 0.717) is 12.2 Å². The van der Waals surface area contributed by atoms with E-state index < -0.39 is 5.97 Å². The summed E-state index contributed by atoms with van der Waals surface area (Å²) in [6.45, 7) is 0.686. The van der Waals surface area contributed by atoms with Crippen molar-refractivity contribution in [1.29, 1.82) is 0 Å². The number of anilines is 1. The van der Waals surface area contributed by atoms with E-state index in [4.69, 9.17) is 5.11 Å². The Bertz CT molecular complexity index is 450. The third kappa shape index (κ3) is 4.80. The van der Waals surface area contributed by atoms with Gasteiger partial charge in [0.1, 0.15) is 0 Å². The number of likely N-dealkylation sites (N-methyl/N-ethyl adjacent to an activating group) is 1. The molecular weight excluding hydrogens is 232 g/mol. The topological polar surface area (TPSA) is 69.6 Å². The molecule has 0 unspecified atom stereocenters. The fourth-order valence-corrected chi connectivity index (χ4v) is 1.25. The van der Waals surface area contributed by atoms with Gasteiger partial charge in [-0.05, 0) is 38.4 Å². The van der Waals surface area contributed by atoms with E-state index in [1.165, 1.54) is 18.2 Å². The van der Waals surface area contributed by atoms with Crippen LogP contribution < -0.4 is 5.32 Å². The van der Waals surface area contributed by atoms with E-state index >= 15 is 0 Å². The number of hydrogen-bond donors (Lipinski definition) is 2. The second-order valence-corrected chi connectivity index (χ2v) is 4.04. The maximum atomic E-state index is 11.5. The number of benzene rings is 1. The van der Waals surface area contributed by atoms with Crippen LogP contribution in [0.5, 0.6) is 0 Å². The van der Waals surface area contributed by atoms with Crippen molar-refractivity contribution < 1.29 is 14.7 Å². The molecular formula is C13H16N2O3. The summed E-state index contributed by atoms with van der Waals surface area (Å²) in [7, 11) is 3.82. The van der Waals surface area contributed by atoms with Gasteiger partial charge < -0.3 is 15.3 Å². The van der Waals surface area contributed by atoms with Gasteiger partial charge in [-0.25, -0.2) is 4.79 Å². The van der Waals surface area contributed by atoms with Crippen molar-refractivity contribution in [2.24, 2.45) is 0 Å². The van der Waals surface area contributed by atoms with E-state index in [0.717, 1.165) is 0 Å². The van der Waals surface area contributed by atoms with Crippen LogP contribution in [0.15, 0.2) is 36.4 Å². The lowest BCUT2D eigenvalue weighted by Gasteiger charge is -2.04. The molecule has 0 saturated heterocycles. The molecule has 0 bridgehead atoms. The lowest BCUT2D eigenvalue weighted by Crippen LogP contribution is -2.13. The van der Waals surface area contributed by atoms with Gasteiger partial charge in [0.2, 0.25) is 5.91 Å². The molecule has 0 aliphatic carbocycles. The van der Waals surface area contributed by atoms with Crippen LogP contribution in [0.2, 0.25) is 0 Å². The van der Waals surface area contributed by atoms with Gasteiger partial charge in [-0.3, -0.25) is 4.79 Å². The maximum absolute atomic E-state index is 11.5. The molecule has 1 aromatic carbocycles. The van der Waals surface area contributed by atoms with Crippen LogP contribution in [0.3, 0.4) is 0 Å². The summed E-state index contributed by atoms with van der Waals surface area (Å²) in [6.07, 6.45) is 3.20. The Hall–Kier alpha value is -2.14. The van der Waals surface area contributed by atoms with E-state index in [9.17, 15) is 9.59 Å². The normalized spacial score (nSPS) is 10.8. The summed E-state index contributed by atoms with van der Waals surface area (Å²) in [5.74, 6) is -1.22. The number of amides is 1. The quantitative estimate of drug-likeness (QED) is 0.774. The summed E-state index contributed by atoms with van der Waals surface area (Å²) in [5, 5.41) is 11.4. The van der Waals surface area contributed by atoms with E-state index in [-0.39, 0.29) is 11.5 Å². The number of nitrogens with one attached hydrogen (secondary N) is 1. The minimum atomic E-state index is -0.987. The molecule has 2 N–H and O–H groups in total. The molecule has 0 saturated carbocycles.